The van der Waals surface area contributed by atoms with Gasteiger partial charge in [0.1, 0.15) is 0 Å². The Bertz CT molecular complexity index is 198. The van der Waals surface area contributed by atoms with E-state index < -0.39 is 0 Å². The Morgan fingerprint density at radius 3 is 2.33 bits per heavy atom. The molecular formula is C10H14OU. The van der Waals surface area contributed by atoms with Gasteiger partial charge < -0.3 is 4.74 Å². The van der Waals surface area contributed by atoms with Crippen LogP contribution in [0.2, 0.25) is 0 Å². The van der Waals surface area contributed by atoms with Crippen molar-refractivity contribution in [3.63, 3.8) is 0 Å². The molecule has 1 unspecified atom stereocenters. The van der Waals surface area contributed by atoms with Gasteiger partial charge in [-0.3, -0.25) is 0 Å². The van der Waals surface area contributed by atoms with E-state index in [0.717, 1.165) is 6.61 Å². The number of hydrogen-bond donors (Lipinski definition) is 0. The third-order valence-corrected chi connectivity index (χ3v) is 1.79. The molecule has 1 aromatic carbocycles. The van der Waals surface area contributed by atoms with Crippen LogP contribution in [0.25, 0.3) is 0 Å². The van der Waals surface area contributed by atoms with Crippen molar-refractivity contribution in [1.29, 1.82) is 0 Å². The second-order valence-corrected chi connectivity index (χ2v) is 2.77. The van der Waals surface area contributed by atoms with Crippen LogP contribution in [-0.2, 0) is 4.74 Å². The topological polar surface area (TPSA) is 9.23 Å². The average molecular weight is 388 g/mol. The van der Waals surface area contributed by atoms with Gasteiger partial charge in [-0.2, -0.15) is 0 Å². The summed E-state index contributed by atoms with van der Waals surface area (Å²) in [6.45, 7) is 2.96. The third kappa shape index (κ3) is 3.76. The van der Waals surface area contributed by atoms with Gasteiger partial charge in [0.05, 0.1) is 6.61 Å². The molecule has 2 heteroatoms. The van der Waals surface area contributed by atoms with Crippen molar-refractivity contribution in [3.05, 3.63) is 35.9 Å². The Morgan fingerprint density at radius 2 is 1.83 bits per heavy atom. The van der Waals surface area contributed by atoms with Crippen LogP contribution in [0.5, 0.6) is 0 Å². The maximum atomic E-state index is 5.06. The van der Waals surface area contributed by atoms with Gasteiger partial charge in [0.25, 0.3) is 0 Å². The second kappa shape index (κ2) is 6.72. The number of rotatable bonds is 3. The molecule has 1 atom stereocenters. The SMILES string of the molecule is COCC(C)c1ccccc1.[U]. The summed E-state index contributed by atoms with van der Waals surface area (Å²) >= 11 is 0. The molecule has 0 spiro atoms. The van der Waals surface area contributed by atoms with Crippen molar-refractivity contribution in [2.45, 2.75) is 12.8 Å². The first-order valence-electron chi connectivity index (χ1n) is 3.88. The molecule has 0 bridgehead atoms. The minimum Gasteiger partial charge on any atom is -0.384 e. The van der Waals surface area contributed by atoms with E-state index in [0.29, 0.717) is 5.92 Å². The average Bonchev–Trinajstić information content (AvgIpc) is 2.07. The molecule has 0 fully saturated rings. The fourth-order valence-corrected chi connectivity index (χ4v) is 1.13. The Labute approximate surface area is 97.9 Å². The molecule has 64 valence electrons. The van der Waals surface area contributed by atoms with Crippen molar-refractivity contribution in [1.82, 2.24) is 0 Å². The minimum absolute atomic E-state index is 0. The maximum Gasteiger partial charge on any atom is 0.0528 e. The van der Waals surface area contributed by atoms with Gasteiger partial charge in [-0.1, -0.05) is 37.3 Å². The van der Waals surface area contributed by atoms with Crippen LogP contribution in [0.3, 0.4) is 0 Å². The molecule has 0 saturated carbocycles. The first-order valence-corrected chi connectivity index (χ1v) is 3.88. The Kier molecular flexibility index (Phi) is 6.85. The molecule has 12 heavy (non-hydrogen) atoms. The molecule has 1 rings (SSSR count). The van der Waals surface area contributed by atoms with Crippen LogP contribution < -0.4 is 0 Å². The van der Waals surface area contributed by atoms with Gasteiger partial charge in [-0.25, -0.2) is 0 Å². The van der Waals surface area contributed by atoms with Crippen LogP contribution in [0.15, 0.2) is 30.3 Å². The maximum absolute atomic E-state index is 5.06. The summed E-state index contributed by atoms with van der Waals surface area (Å²) in [5.41, 5.74) is 1.34. The number of methoxy groups -OCH3 is 1. The van der Waals surface area contributed by atoms with Gasteiger partial charge >= 0.3 is 0 Å². The number of hydrogen-bond acceptors (Lipinski definition) is 1. The van der Waals surface area contributed by atoms with Crippen LogP contribution in [0, 0.1) is 31.1 Å². The van der Waals surface area contributed by atoms with Crippen molar-refractivity contribution >= 4 is 0 Å². The summed E-state index contributed by atoms with van der Waals surface area (Å²) < 4.78 is 5.06. The number of benzene rings is 1. The Morgan fingerprint density at radius 1 is 1.25 bits per heavy atom. The van der Waals surface area contributed by atoms with Crippen LogP contribution >= 0.6 is 0 Å². The molecule has 1 nitrogen and oxygen atoms in total. The zero-order valence-corrected chi connectivity index (χ0v) is 11.7. The third-order valence-electron chi connectivity index (χ3n) is 1.79. The smallest absolute Gasteiger partial charge is 0.0528 e. The minimum atomic E-state index is 0. The standard InChI is InChI=1S/C10H14O.U/c1-9(8-11-2)10-6-4-3-5-7-10;/h3-7,9H,8H2,1-2H3;. The molecule has 0 aliphatic heterocycles. The largest absolute Gasteiger partial charge is 0.384 e. The first kappa shape index (κ1) is 12.2. The van der Waals surface area contributed by atoms with Gasteiger partial charge in [0.15, 0.2) is 0 Å². The van der Waals surface area contributed by atoms with Crippen LogP contribution in [-0.4, -0.2) is 13.7 Å². The summed E-state index contributed by atoms with van der Waals surface area (Å²) in [5, 5.41) is 0. The predicted octanol–water partition coefficient (Wildman–Crippen LogP) is 2.44. The van der Waals surface area contributed by atoms with Gasteiger partial charge in [0.2, 0.25) is 0 Å². The molecule has 1 aromatic rings. The van der Waals surface area contributed by atoms with Gasteiger partial charge in [-0.05, 0) is 5.56 Å². The van der Waals surface area contributed by atoms with E-state index in [4.69, 9.17) is 4.74 Å². The van der Waals surface area contributed by atoms with E-state index in [2.05, 4.69) is 31.2 Å². The summed E-state index contributed by atoms with van der Waals surface area (Å²) in [7, 11) is 1.74. The molecule has 0 aliphatic rings. The molecule has 0 heterocycles. The predicted molar refractivity (Wildman–Crippen MR) is 46.7 cm³/mol. The summed E-state index contributed by atoms with van der Waals surface area (Å²) in [6, 6.07) is 10.4. The van der Waals surface area contributed by atoms with E-state index >= 15 is 0 Å². The van der Waals surface area contributed by atoms with Crippen molar-refractivity contribution < 1.29 is 35.9 Å². The van der Waals surface area contributed by atoms with E-state index in [9.17, 15) is 0 Å². The summed E-state index contributed by atoms with van der Waals surface area (Å²) in [5.74, 6) is 0.501. The normalized spacial score (nSPS) is 11.8. The Hall–Kier alpha value is 0.232. The van der Waals surface area contributed by atoms with Gasteiger partial charge in [-0.15, -0.1) is 0 Å². The van der Waals surface area contributed by atoms with Crippen molar-refractivity contribution in [2.24, 2.45) is 0 Å². The van der Waals surface area contributed by atoms with E-state index in [1.54, 1.807) is 7.11 Å². The molecule has 0 saturated heterocycles. The molecular weight excluding hydrogens is 374 g/mol. The molecule has 0 aromatic heterocycles. The zero-order valence-electron chi connectivity index (χ0n) is 7.58. The van der Waals surface area contributed by atoms with Crippen molar-refractivity contribution in [3.8, 4) is 0 Å². The molecule has 0 radical (unpaired) electrons. The number of ether oxygens (including phenoxy) is 1. The zero-order chi connectivity index (χ0) is 8.10. The first-order chi connectivity index (χ1) is 5.34. The quantitative estimate of drug-likeness (QED) is 0.773. The fraction of sp³-hybridized carbons (Fsp3) is 0.400. The molecule has 0 amide bonds. The van der Waals surface area contributed by atoms with Crippen LogP contribution in [0.4, 0.5) is 0 Å². The van der Waals surface area contributed by atoms with E-state index in [1.165, 1.54) is 5.56 Å². The summed E-state index contributed by atoms with van der Waals surface area (Å²) in [6.07, 6.45) is 0. The summed E-state index contributed by atoms with van der Waals surface area (Å²) in [4.78, 5) is 0. The van der Waals surface area contributed by atoms with E-state index in [1.807, 2.05) is 6.07 Å². The molecule has 0 N–H and O–H groups in total. The second-order valence-electron chi connectivity index (χ2n) is 2.77. The van der Waals surface area contributed by atoms with Crippen molar-refractivity contribution in [2.75, 3.05) is 13.7 Å². The Balaban J connectivity index is 0.00000121. The van der Waals surface area contributed by atoms with E-state index in [-0.39, 0.29) is 31.1 Å². The van der Waals surface area contributed by atoms with Gasteiger partial charge in [0, 0.05) is 44.1 Å². The molecule has 0 aliphatic carbocycles. The van der Waals surface area contributed by atoms with Crippen LogP contribution in [0.1, 0.15) is 18.4 Å². The fourth-order valence-electron chi connectivity index (χ4n) is 1.13. The monoisotopic (exact) mass is 388 g/mol.